The van der Waals surface area contributed by atoms with Crippen molar-refractivity contribution in [1.82, 2.24) is 14.7 Å². The van der Waals surface area contributed by atoms with Crippen LogP contribution in [0, 0.1) is 6.92 Å². The van der Waals surface area contributed by atoms with E-state index in [4.69, 9.17) is 0 Å². The van der Waals surface area contributed by atoms with E-state index in [1.165, 1.54) is 5.56 Å². The summed E-state index contributed by atoms with van der Waals surface area (Å²) in [6.07, 6.45) is 2.01. The van der Waals surface area contributed by atoms with Crippen molar-refractivity contribution >= 4 is 5.91 Å². The van der Waals surface area contributed by atoms with Crippen LogP contribution in [0.3, 0.4) is 0 Å². The number of nitrogens with zero attached hydrogens (tertiary/aromatic N) is 3. The molecule has 1 atom stereocenters. The Balaban J connectivity index is 1.79. The third kappa shape index (κ3) is 3.84. The van der Waals surface area contributed by atoms with E-state index in [2.05, 4.69) is 17.2 Å². The van der Waals surface area contributed by atoms with Crippen LogP contribution in [0.1, 0.15) is 47.6 Å². The topological polar surface area (TPSA) is 38.1 Å². The van der Waals surface area contributed by atoms with E-state index in [9.17, 15) is 13.6 Å². The first-order valence-corrected chi connectivity index (χ1v) is 8.82. The quantitative estimate of drug-likeness (QED) is 0.752. The lowest BCUT2D eigenvalue weighted by Gasteiger charge is -2.35. The fraction of sp³-hybridized carbons (Fsp3) is 0.400. The number of carbonyl (C=O) groups is 1. The molecule has 0 N–H and O–H groups in total. The molecule has 1 aromatic carbocycles. The molecule has 26 heavy (non-hydrogen) atoms. The Kier molecular flexibility index (Phi) is 5.49. The van der Waals surface area contributed by atoms with Gasteiger partial charge in [0.15, 0.2) is 0 Å². The number of allylic oxidation sites excluding steroid dienone is 1. The standard InChI is InChI=1S/C20H23F2N3O/c1-14-17(11-23-24(14)2)18-13-25(12-15-7-3-4-8-16(15)18)20(26)10-6-5-9-19(21)22/h3-4,7-9,11,18H,5-6,10,12-13H2,1-2H3. The van der Waals surface area contributed by atoms with E-state index in [1.54, 1.807) is 0 Å². The number of carbonyl (C=O) groups excluding carboxylic acids is 1. The summed E-state index contributed by atoms with van der Waals surface area (Å²) in [6.45, 7) is 3.19. The number of rotatable bonds is 5. The van der Waals surface area contributed by atoms with Crippen LogP contribution in [0.4, 0.5) is 8.78 Å². The average Bonchev–Trinajstić information content (AvgIpc) is 2.96. The first-order chi connectivity index (χ1) is 12.5. The molecule has 2 aromatic rings. The van der Waals surface area contributed by atoms with Gasteiger partial charge in [-0.2, -0.15) is 13.9 Å². The van der Waals surface area contributed by atoms with Crippen molar-refractivity contribution in [2.45, 2.75) is 38.6 Å². The molecule has 3 rings (SSSR count). The zero-order valence-corrected chi connectivity index (χ0v) is 15.1. The maximum absolute atomic E-state index is 12.6. The van der Waals surface area contributed by atoms with Crippen LogP contribution >= 0.6 is 0 Å². The van der Waals surface area contributed by atoms with Gasteiger partial charge in [0.25, 0.3) is 6.08 Å². The molecule has 1 aliphatic rings. The maximum atomic E-state index is 12.6. The maximum Gasteiger partial charge on any atom is 0.266 e. The molecule has 0 radical (unpaired) electrons. The Hall–Kier alpha value is -2.50. The predicted molar refractivity (Wildman–Crippen MR) is 95.8 cm³/mol. The van der Waals surface area contributed by atoms with Gasteiger partial charge < -0.3 is 4.90 Å². The molecule has 1 unspecified atom stereocenters. The molecule has 1 amide bonds. The second kappa shape index (κ2) is 7.81. The normalized spacial score (nSPS) is 16.3. The smallest absolute Gasteiger partial charge is 0.266 e. The van der Waals surface area contributed by atoms with E-state index in [0.717, 1.165) is 22.9 Å². The van der Waals surface area contributed by atoms with E-state index in [-0.39, 0.29) is 24.7 Å². The van der Waals surface area contributed by atoms with Crippen molar-refractivity contribution in [3.05, 3.63) is 65.0 Å². The van der Waals surface area contributed by atoms with Gasteiger partial charge in [0, 0.05) is 43.7 Å². The van der Waals surface area contributed by atoms with Crippen molar-refractivity contribution in [3.63, 3.8) is 0 Å². The molecule has 138 valence electrons. The summed E-state index contributed by atoms with van der Waals surface area (Å²) in [6, 6.07) is 8.17. The van der Waals surface area contributed by atoms with Gasteiger partial charge in [0.1, 0.15) is 0 Å². The van der Waals surface area contributed by atoms with Crippen LogP contribution < -0.4 is 0 Å². The van der Waals surface area contributed by atoms with Gasteiger partial charge in [0.05, 0.1) is 6.20 Å². The minimum atomic E-state index is -1.68. The highest BCUT2D eigenvalue weighted by molar-refractivity contribution is 5.76. The lowest BCUT2D eigenvalue weighted by molar-refractivity contribution is -0.132. The van der Waals surface area contributed by atoms with Gasteiger partial charge in [-0.15, -0.1) is 0 Å². The average molecular weight is 359 g/mol. The lowest BCUT2D eigenvalue weighted by atomic mass is 9.84. The highest BCUT2D eigenvalue weighted by Gasteiger charge is 2.30. The van der Waals surface area contributed by atoms with Crippen molar-refractivity contribution in [3.8, 4) is 0 Å². The Morgan fingerprint density at radius 3 is 2.77 bits per heavy atom. The van der Waals surface area contributed by atoms with Crippen molar-refractivity contribution in [2.24, 2.45) is 7.05 Å². The minimum absolute atomic E-state index is 0.0127. The minimum Gasteiger partial charge on any atom is -0.337 e. The third-order valence-corrected chi connectivity index (χ3v) is 5.09. The Bertz CT molecular complexity index is 824. The summed E-state index contributed by atoms with van der Waals surface area (Å²) >= 11 is 0. The molecule has 2 heterocycles. The van der Waals surface area contributed by atoms with Gasteiger partial charge >= 0.3 is 0 Å². The van der Waals surface area contributed by atoms with Crippen LogP contribution in [0.2, 0.25) is 0 Å². The zero-order chi connectivity index (χ0) is 18.7. The number of aryl methyl sites for hydroxylation is 1. The molecule has 1 aromatic heterocycles. The van der Waals surface area contributed by atoms with Crippen LogP contribution in [-0.2, 0) is 18.4 Å². The van der Waals surface area contributed by atoms with Gasteiger partial charge in [-0.25, -0.2) is 0 Å². The molecule has 0 saturated heterocycles. The third-order valence-electron chi connectivity index (χ3n) is 5.09. The predicted octanol–water partition coefficient (Wildman–Crippen LogP) is 4.15. The molecule has 4 nitrogen and oxygen atoms in total. The molecular weight excluding hydrogens is 336 g/mol. The van der Waals surface area contributed by atoms with E-state index in [1.807, 2.05) is 41.9 Å². The highest BCUT2D eigenvalue weighted by Crippen LogP contribution is 2.35. The number of fused-ring (bicyclic) bond motifs is 1. The summed E-state index contributed by atoms with van der Waals surface area (Å²) in [4.78, 5) is 14.5. The Labute approximate surface area is 152 Å². The second-order valence-corrected chi connectivity index (χ2v) is 6.72. The first-order valence-electron chi connectivity index (χ1n) is 8.82. The number of amides is 1. The Morgan fingerprint density at radius 1 is 1.31 bits per heavy atom. The molecule has 0 bridgehead atoms. The number of aromatic nitrogens is 2. The van der Waals surface area contributed by atoms with Crippen LogP contribution in [0.5, 0.6) is 0 Å². The number of hydrogen-bond donors (Lipinski definition) is 0. The van der Waals surface area contributed by atoms with Gasteiger partial charge in [-0.1, -0.05) is 24.3 Å². The number of halogens is 2. The highest BCUT2D eigenvalue weighted by atomic mass is 19.3. The summed E-state index contributed by atoms with van der Waals surface area (Å²) in [5, 5.41) is 4.35. The summed E-state index contributed by atoms with van der Waals surface area (Å²) in [5.41, 5.74) is 4.58. The van der Waals surface area contributed by atoms with Gasteiger partial charge in [0.2, 0.25) is 5.91 Å². The van der Waals surface area contributed by atoms with Crippen LogP contribution in [0.15, 0.2) is 42.6 Å². The molecule has 1 aliphatic heterocycles. The number of unbranched alkanes of at least 4 members (excludes halogenated alkanes) is 1. The van der Waals surface area contributed by atoms with Crippen molar-refractivity contribution in [1.29, 1.82) is 0 Å². The Morgan fingerprint density at radius 2 is 2.08 bits per heavy atom. The van der Waals surface area contributed by atoms with Crippen molar-refractivity contribution in [2.75, 3.05) is 6.54 Å². The van der Waals surface area contributed by atoms with E-state index < -0.39 is 6.08 Å². The van der Waals surface area contributed by atoms with Crippen LogP contribution in [-0.4, -0.2) is 27.1 Å². The molecule has 0 saturated carbocycles. The monoisotopic (exact) mass is 359 g/mol. The largest absolute Gasteiger partial charge is 0.337 e. The number of benzene rings is 1. The fourth-order valence-corrected chi connectivity index (χ4v) is 3.54. The molecular formula is C20H23F2N3O. The molecule has 0 fully saturated rings. The van der Waals surface area contributed by atoms with E-state index in [0.29, 0.717) is 19.5 Å². The molecule has 0 spiro atoms. The molecule has 6 heteroatoms. The van der Waals surface area contributed by atoms with Gasteiger partial charge in [-0.05, 0) is 37.0 Å². The molecule has 0 aliphatic carbocycles. The second-order valence-electron chi connectivity index (χ2n) is 6.72. The summed E-state index contributed by atoms with van der Waals surface area (Å²) in [5.74, 6) is 0.0968. The number of hydrogen-bond acceptors (Lipinski definition) is 2. The van der Waals surface area contributed by atoms with Gasteiger partial charge in [-0.3, -0.25) is 9.48 Å². The lowest BCUT2D eigenvalue weighted by Crippen LogP contribution is -2.38. The summed E-state index contributed by atoms with van der Waals surface area (Å²) in [7, 11) is 1.91. The SMILES string of the molecule is Cc1c(C2CN(C(=O)CCCC=C(F)F)Cc3ccccc32)cnn1C. The zero-order valence-electron chi connectivity index (χ0n) is 15.1. The summed E-state index contributed by atoms with van der Waals surface area (Å²) < 4.78 is 26.1. The fourth-order valence-electron chi connectivity index (χ4n) is 3.54. The van der Waals surface area contributed by atoms with Crippen LogP contribution in [0.25, 0.3) is 0 Å². The first kappa shape index (κ1) is 18.3. The van der Waals surface area contributed by atoms with Crippen molar-refractivity contribution < 1.29 is 13.6 Å². The van der Waals surface area contributed by atoms with E-state index >= 15 is 0 Å².